The van der Waals surface area contributed by atoms with Crippen molar-refractivity contribution in [3.63, 3.8) is 0 Å². The molecule has 0 fully saturated rings. The standard InChI is InChI=1S/C17H30N4O2.HI/c1-4-5-6-7-10-20-17(18-3)21-12-8-11-19-16(22)15-14(2)9-13-23-15;/h9,13H,4-8,10-12H2,1-3H3,(H,19,22)(H2,18,20,21);1H. The van der Waals surface area contributed by atoms with E-state index in [0.717, 1.165) is 37.5 Å². The number of halogens is 1. The smallest absolute Gasteiger partial charge is 0.287 e. The number of nitrogens with one attached hydrogen (secondary N) is 3. The molecule has 1 aromatic heterocycles. The van der Waals surface area contributed by atoms with E-state index in [-0.39, 0.29) is 29.9 Å². The van der Waals surface area contributed by atoms with Gasteiger partial charge in [-0.2, -0.15) is 0 Å². The second-order valence-electron chi connectivity index (χ2n) is 5.53. The Labute approximate surface area is 162 Å². The van der Waals surface area contributed by atoms with Gasteiger partial charge in [0.25, 0.3) is 5.91 Å². The van der Waals surface area contributed by atoms with Crippen LogP contribution in [0.2, 0.25) is 0 Å². The van der Waals surface area contributed by atoms with Gasteiger partial charge in [-0.05, 0) is 25.8 Å². The number of carbonyl (C=O) groups excluding carboxylic acids is 1. The highest BCUT2D eigenvalue weighted by atomic mass is 127. The predicted octanol–water partition coefficient (Wildman–Crippen LogP) is 3.07. The maximum atomic E-state index is 11.8. The molecule has 7 heteroatoms. The van der Waals surface area contributed by atoms with Crippen molar-refractivity contribution in [1.29, 1.82) is 0 Å². The van der Waals surface area contributed by atoms with E-state index in [2.05, 4.69) is 27.9 Å². The van der Waals surface area contributed by atoms with Crippen molar-refractivity contribution in [2.75, 3.05) is 26.7 Å². The minimum Gasteiger partial charge on any atom is -0.459 e. The molecule has 0 saturated heterocycles. The predicted molar refractivity (Wildman–Crippen MR) is 109 cm³/mol. The lowest BCUT2D eigenvalue weighted by Crippen LogP contribution is -2.39. The molecule has 0 bridgehead atoms. The van der Waals surface area contributed by atoms with Crippen LogP contribution in [0.15, 0.2) is 21.7 Å². The van der Waals surface area contributed by atoms with Crippen molar-refractivity contribution in [3.05, 3.63) is 23.7 Å². The van der Waals surface area contributed by atoms with Crippen molar-refractivity contribution >= 4 is 35.8 Å². The zero-order valence-corrected chi connectivity index (χ0v) is 17.3. The first-order valence-corrected chi connectivity index (χ1v) is 8.45. The minimum absolute atomic E-state index is 0. The van der Waals surface area contributed by atoms with Gasteiger partial charge in [0.05, 0.1) is 6.26 Å². The van der Waals surface area contributed by atoms with E-state index >= 15 is 0 Å². The van der Waals surface area contributed by atoms with Crippen molar-refractivity contribution in [2.45, 2.75) is 46.0 Å². The Morgan fingerprint density at radius 3 is 2.33 bits per heavy atom. The molecule has 0 unspecified atom stereocenters. The van der Waals surface area contributed by atoms with Gasteiger partial charge in [-0.25, -0.2) is 0 Å². The van der Waals surface area contributed by atoms with Gasteiger partial charge >= 0.3 is 0 Å². The van der Waals surface area contributed by atoms with Crippen LogP contribution in [-0.4, -0.2) is 38.5 Å². The molecule has 1 amide bonds. The maximum absolute atomic E-state index is 11.8. The maximum Gasteiger partial charge on any atom is 0.287 e. The van der Waals surface area contributed by atoms with E-state index in [9.17, 15) is 4.79 Å². The van der Waals surface area contributed by atoms with E-state index in [1.165, 1.54) is 25.5 Å². The van der Waals surface area contributed by atoms with Crippen LogP contribution in [0.3, 0.4) is 0 Å². The van der Waals surface area contributed by atoms with E-state index in [4.69, 9.17) is 4.42 Å². The molecule has 24 heavy (non-hydrogen) atoms. The van der Waals surface area contributed by atoms with Crippen LogP contribution >= 0.6 is 24.0 Å². The largest absolute Gasteiger partial charge is 0.459 e. The molecule has 0 saturated carbocycles. The van der Waals surface area contributed by atoms with E-state index in [1.54, 1.807) is 13.1 Å². The first kappa shape index (κ1) is 22.8. The SMILES string of the molecule is CCCCCCNC(=NC)NCCCNC(=O)c1occc1C.I. The van der Waals surface area contributed by atoms with Crippen LogP contribution in [0, 0.1) is 6.92 Å². The Kier molecular flexibility index (Phi) is 13.4. The number of furan rings is 1. The lowest BCUT2D eigenvalue weighted by molar-refractivity contribution is 0.0925. The lowest BCUT2D eigenvalue weighted by Gasteiger charge is -2.12. The van der Waals surface area contributed by atoms with Crippen molar-refractivity contribution in [3.8, 4) is 0 Å². The Bertz CT molecular complexity index is 489. The van der Waals surface area contributed by atoms with Crippen LogP contribution in [-0.2, 0) is 0 Å². The highest BCUT2D eigenvalue weighted by Gasteiger charge is 2.11. The summed E-state index contributed by atoms with van der Waals surface area (Å²) in [4.78, 5) is 16.0. The van der Waals surface area contributed by atoms with E-state index < -0.39 is 0 Å². The summed E-state index contributed by atoms with van der Waals surface area (Å²) < 4.78 is 5.15. The summed E-state index contributed by atoms with van der Waals surface area (Å²) >= 11 is 0. The van der Waals surface area contributed by atoms with Crippen LogP contribution in [0.1, 0.15) is 55.1 Å². The number of carbonyl (C=O) groups is 1. The molecule has 1 aromatic rings. The summed E-state index contributed by atoms with van der Waals surface area (Å²) in [5.74, 6) is 1.04. The molecular weight excluding hydrogens is 419 g/mol. The lowest BCUT2D eigenvalue weighted by atomic mass is 10.2. The molecular formula is C17H31IN4O2. The molecule has 0 aliphatic rings. The number of aryl methyl sites for hydroxylation is 1. The Hall–Kier alpha value is -1.25. The van der Waals surface area contributed by atoms with Gasteiger partial charge in [0.2, 0.25) is 0 Å². The number of aliphatic imine (C=N–C) groups is 1. The Morgan fingerprint density at radius 1 is 1.08 bits per heavy atom. The zero-order valence-electron chi connectivity index (χ0n) is 15.0. The fourth-order valence-electron chi connectivity index (χ4n) is 2.16. The summed E-state index contributed by atoms with van der Waals surface area (Å²) in [5, 5.41) is 9.39. The normalized spacial score (nSPS) is 10.9. The number of hydrogen-bond donors (Lipinski definition) is 3. The van der Waals surface area contributed by atoms with Crippen molar-refractivity contribution < 1.29 is 9.21 Å². The Morgan fingerprint density at radius 2 is 1.75 bits per heavy atom. The number of guanidine groups is 1. The van der Waals surface area contributed by atoms with E-state index in [1.807, 2.05) is 6.92 Å². The summed E-state index contributed by atoms with van der Waals surface area (Å²) in [6.45, 7) is 6.36. The van der Waals surface area contributed by atoms with Gasteiger partial charge in [0, 0.05) is 32.2 Å². The minimum atomic E-state index is -0.161. The number of amides is 1. The molecule has 0 atom stereocenters. The van der Waals surface area contributed by atoms with Gasteiger partial charge in [0.1, 0.15) is 0 Å². The first-order chi connectivity index (χ1) is 11.2. The summed E-state index contributed by atoms with van der Waals surface area (Å²) in [5.41, 5.74) is 0.855. The third kappa shape index (κ3) is 9.14. The van der Waals surface area contributed by atoms with E-state index in [0.29, 0.717) is 12.3 Å². The van der Waals surface area contributed by atoms with Crippen LogP contribution in [0.25, 0.3) is 0 Å². The first-order valence-electron chi connectivity index (χ1n) is 8.45. The molecule has 0 aliphatic carbocycles. The highest BCUT2D eigenvalue weighted by molar-refractivity contribution is 14.0. The molecule has 3 N–H and O–H groups in total. The number of hydrogen-bond acceptors (Lipinski definition) is 3. The second kappa shape index (κ2) is 14.1. The molecule has 6 nitrogen and oxygen atoms in total. The molecule has 1 rings (SSSR count). The van der Waals surface area contributed by atoms with Gasteiger partial charge in [0.15, 0.2) is 11.7 Å². The van der Waals surface area contributed by atoms with Gasteiger partial charge < -0.3 is 20.4 Å². The van der Waals surface area contributed by atoms with Crippen LogP contribution in [0.5, 0.6) is 0 Å². The van der Waals surface area contributed by atoms with Gasteiger partial charge in [-0.15, -0.1) is 24.0 Å². The number of nitrogens with zero attached hydrogens (tertiary/aromatic N) is 1. The number of rotatable bonds is 10. The molecule has 0 aliphatic heterocycles. The molecule has 0 radical (unpaired) electrons. The molecule has 0 spiro atoms. The van der Waals surface area contributed by atoms with Gasteiger partial charge in [-0.3, -0.25) is 9.79 Å². The molecule has 1 heterocycles. The average molecular weight is 450 g/mol. The molecule has 138 valence electrons. The van der Waals surface area contributed by atoms with Crippen molar-refractivity contribution in [1.82, 2.24) is 16.0 Å². The summed E-state index contributed by atoms with van der Waals surface area (Å²) in [7, 11) is 1.77. The Balaban J connectivity index is 0.00000529. The topological polar surface area (TPSA) is 78.7 Å². The second-order valence-corrected chi connectivity index (χ2v) is 5.53. The quantitative estimate of drug-likeness (QED) is 0.222. The monoisotopic (exact) mass is 450 g/mol. The summed E-state index contributed by atoms with van der Waals surface area (Å²) in [6, 6.07) is 1.78. The zero-order chi connectivity index (χ0) is 16.9. The summed E-state index contributed by atoms with van der Waals surface area (Å²) in [6.07, 6.45) is 7.29. The fraction of sp³-hybridized carbons (Fsp3) is 0.647. The third-order valence-corrected chi connectivity index (χ3v) is 3.55. The fourth-order valence-corrected chi connectivity index (χ4v) is 2.16. The highest BCUT2D eigenvalue weighted by Crippen LogP contribution is 2.07. The third-order valence-electron chi connectivity index (χ3n) is 3.55. The van der Waals surface area contributed by atoms with Crippen LogP contribution in [0.4, 0.5) is 0 Å². The number of unbranched alkanes of at least 4 members (excludes halogenated alkanes) is 3. The van der Waals surface area contributed by atoms with Crippen molar-refractivity contribution in [2.24, 2.45) is 4.99 Å². The molecule has 0 aromatic carbocycles. The van der Waals surface area contributed by atoms with Crippen LogP contribution < -0.4 is 16.0 Å². The average Bonchev–Trinajstić information content (AvgIpc) is 2.98. The van der Waals surface area contributed by atoms with Gasteiger partial charge in [-0.1, -0.05) is 26.2 Å².